The zero-order valence-corrected chi connectivity index (χ0v) is 71.9. The number of piperidine rings is 6. The highest BCUT2D eigenvalue weighted by atomic mass is 127. The van der Waals surface area contributed by atoms with E-state index >= 15 is 0 Å². The van der Waals surface area contributed by atoms with Crippen LogP contribution in [0.1, 0.15) is 154 Å². The molecule has 0 radical (unpaired) electrons. The maximum absolute atomic E-state index is 11.8. The molecule has 105 heavy (non-hydrogen) atoms. The second-order valence-electron chi connectivity index (χ2n) is 34.1. The summed E-state index contributed by atoms with van der Waals surface area (Å²) in [5.41, 5.74) is 5.21. The second kappa shape index (κ2) is 28.7. The van der Waals surface area contributed by atoms with Crippen molar-refractivity contribution in [2.24, 2.45) is 0 Å². The van der Waals surface area contributed by atoms with Crippen LogP contribution in [-0.4, -0.2) is 214 Å². The van der Waals surface area contributed by atoms with Crippen molar-refractivity contribution in [2.75, 3.05) is 53.4 Å². The first-order chi connectivity index (χ1) is 48.7. The second-order valence-corrected chi connectivity index (χ2v) is 37.6. The van der Waals surface area contributed by atoms with Gasteiger partial charge in [-0.05, 0) is 182 Å². The molecule has 6 aliphatic carbocycles. The average Bonchev–Trinajstić information content (AvgIpc) is 1.52. The lowest BCUT2D eigenvalue weighted by Crippen LogP contribution is -3.18. The summed E-state index contributed by atoms with van der Waals surface area (Å²) in [7, 11) is 4.71. The predicted molar refractivity (Wildman–Crippen MR) is 399 cm³/mol. The standard InChI is InChI=1S/C14H17INO2.C14H18NO2.2C13H14INO2.2C13H15NO2.2ClH.2HI/c1-16-5-3-2-4-12(16)14-8-9(16)6-11(15)10(14)7-13(17)18-14;1-15-7-3-2-4-12(15)14-9-11(15)6-5-10(14)8-13(16)17-14;2*14-10-5-8-7-13(9(10)6-12(16)17-13)11-3-1-2-4-15(8)11;2*15-12-7-9-4-5-10-8-13(9,16-12)11-3-1-2-6-14(10)11;;;;/h6-7,9,12H,2-5,8H2,1H3;5-6,8,11-12H,2-4,7,9H2,1H3;2*5-6,8,11H,1-4,7H2;2*4-5,7,10-11H,1-3,6,8H2;4*1H/q2*+1;;;;;;;;/p-2/t9-,12-,14+,16?;11-,12-,14+,15?;2*8-,11-,13+;2*10-,11-,13+;;;;/m111111..../s1. The van der Waals surface area contributed by atoms with Gasteiger partial charge < -0.3 is 120 Å². The predicted octanol–water partition coefficient (Wildman–Crippen LogP) is -3.81. The van der Waals surface area contributed by atoms with Gasteiger partial charge in [-0.3, -0.25) is 9.80 Å². The minimum absolute atomic E-state index is 0. The Bertz CT molecular complexity index is 3950. The summed E-state index contributed by atoms with van der Waals surface area (Å²) in [6.07, 6.45) is 59.1. The quantitative estimate of drug-likeness (QED) is 0.105. The molecular formula is C80H95Cl2I5N6O12. The highest BCUT2D eigenvalue weighted by Gasteiger charge is 2.72. The fourth-order valence-electron chi connectivity index (χ4n) is 25.6. The van der Waals surface area contributed by atoms with Gasteiger partial charge in [0.1, 0.15) is 48.3 Å². The Morgan fingerprint density at radius 3 is 1.50 bits per heavy atom. The van der Waals surface area contributed by atoms with Gasteiger partial charge in [-0.25, -0.2) is 28.8 Å². The van der Waals surface area contributed by atoms with Crippen LogP contribution in [0.4, 0.5) is 0 Å². The van der Waals surface area contributed by atoms with Crippen molar-refractivity contribution in [3.05, 3.63) is 135 Å². The van der Waals surface area contributed by atoms with Crippen LogP contribution in [-0.2, 0) is 57.2 Å². The lowest BCUT2D eigenvalue weighted by molar-refractivity contribution is -0.944. The molecule has 6 spiro atoms. The first kappa shape index (κ1) is 78.0. The normalized spacial score (nSPS) is 45.5. The smallest absolute Gasteiger partial charge is 0.332 e. The number of carbonyl (C=O) groups excluding carboxylic acids is 6. The van der Waals surface area contributed by atoms with Crippen molar-refractivity contribution in [3.8, 4) is 0 Å². The van der Waals surface area contributed by atoms with Crippen LogP contribution in [0.3, 0.4) is 0 Å². The van der Waals surface area contributed by atoms with Crippen LogP contribution in [0.5, 0.6) is 0 Å². The third-order valence-corrected chi connectivity index (χ3v) is 32.5. The largest absolute Gasteiger partial charge is 1.00 e. The number of halogens is 7. The van der Waals surface area contributed by atoms with Gasteiger partial charge in [-0.1, -0.05) is 43.2 Å². The molecule has 22 atom stereocenters. The third-order valence-electron chi connectivity index (χ3n) is 29.7. The van der Waals surface area contributed by atoms with E-state index in [1.165, 1.54) is 158 Å². The van der Waals surface area contributed by atoms with Crippen molar-refractivity contribution in [1.29, 1.82) is 0 Å². The zero-order valence-electron chi connectivity index (χ0n) is 59.6. The van der Waals surface area contributed by atoms with E-state index in [2.05, 4.69) is 146 Å². The summed E-state index contributed by atoms with van der Waals surface area (Å²) in [6, 6.07) is 6.01. The Kier molecular flexibility index (Phi) is 21.3. The number of hydrogen-bond donors (Lipinski definition) is 2. The van der Waals surface area contributed by atoms with Crippen molar-refractivity contribution in [3.63, 3.8) is 0 Å². The molecule has 0 aromatic heterocycles. The van der Waals surface area contributed by atoms with Crippen LogP contribution in [0.25, 0.3) is 0 Å². The Morgan fingerprint density at radius 1 is 0.400 bits per heavy atom. The number of hydrogen-bond acceptors (Lipinski definition) is 14. The maximum Gasteiger partial charge on any atom is 0.332 e. The molecule has 12 fully saturated rings. The van der Waals surface area contributed by atoms with Gasteiger partial charge in [-0.15, -0.1) is 0 Å². The highest BCUT2D eigenvalue weighted by Crippen LogP contribution is 2.60. The first-order valence-corrected chi connectivity index (χ1v) is 41.8. The van der Waals surface area contributed by atoms with Crippen LogP contribution in [0.15, 0.2) is 135 Å². The molecule has 24 rings (SSSR count). The van der Waals surface area contributed by atoms with Crippen LogP contribution >= 0.6 is 67.8 Å². The van der Waals surface area contributed by atoms with Gasteiger partial charge in [0.25, 0.3) is 0 Å². The van der Waals surface area contributed by atoms with Gasteiger partial charge in [-0.2, -0.15) is 0 Å². The molecule has 0 aromatic rings. The molecule has 12 saturated heterocycles. The summed E-state index contributed by atoms with van der Waals surface area (Å²) in [5.74, 6) is -0.818. The SMILES string of the molecule is C[N+]12CCCC[C@@H]1[C@]13C[C@H]2C=C(I)C1=CC(=O)O3.C[N+]12CCCC[C@@H]1[C@]13C[C@H]2C=CC1=CC(=O)O3.O=C1C=C2C(I)=C[C@@H]3C[C@@]2(O1)[C@H]1CCCCN31.O=C1C=C2C(I)=C[C@@H]3C[C@@]2(O1)[C@H]1CCCC[NH+]31.O=C1C=C2C=C[C@@H]3C[C@@]2(O1)[C@H]1CCCCN31.O=C1C=C2C=C[C@@H]3C[C@@]2(O1)[C@H]1CCCC[NH+]31.[Cl-].[Cl-].[I-].[I-]. The number of nitrogens with zero attached hydrogens (tertiary/aromatic N) is 4. The monoisotopic (exact) mass is 2040 g/mol. The van der Waals surface area contributed by atoms with E-state index in [0.29, 0.717) is 72.5 Å². The lowest BCUT2D eigenvalue weighted by atomic mass is 9.80. The van der Waals surface area contributed by atoms with Crippen molar-refractivity contribution in [2.45, 2.75) is 260 Å². The van der Waals surface area contributed by atoms with E-state index in [1.807, 2.05) is 0 Å². The molecule has 24 aliphatic rings. The summed E-state index contributed by atoms with van der Waals surface area (Å²) < 4.78 is 40.5. The molecule has 2 N–H and O–H groups in total. The molecule has 12 bridgehead atoms. The van der Waals surface area contributed by atoms with E-state index in [-0.39, 0.29) is 142 Å². The summed E-state index contributed by atoms with van der Waals surface area (Å²) in [5, 5.41) is 0. The van der Waals surface area contributed by atoms with E-state index < -0.39 is 0 Å². The number of quaternary nitrogens is 4. The van der Waals surface area contributed by atoms with Gasteiger partial charge >= 0.3 is 35.8 Å². The number of rotatable bonds is 0. The maximum atomic E-state index is 11.8. The van der Waals surface area contributed by atoms with Crippen LogP contribution in [0, 0.1) is 0 Å². The van der Waals surface area contributed by atoms with Gasteiger partial charge in [0.05, 0.1) is 78.0 Å². The molecule has 566 valence electrons. The molecule has 4 unspecified atom stereocenters. The van der Waals surface area contributed by atoms with Crippen molar-refractivity contribution < 1.29 is 149 Å². The van der Waals surface area contributed by atoms with Gasteiger partial charge in [0.2, 0.25) is 0 Å². The van der Waals surface area contributed by atoms with Crippen LogP contribution < -0.4 is 82.6 Å². The first-order valence-electron chi connectivity index (χ1n) is 38.5. The molecule has 25 heteroatoms. The Hall–Kier alpha value is -2.31. The van der Waals surface area contributed by atoms with Crippen molar-refractivity contribution in [1.82, 2.24) is 9.80 Å². The fraction of sp³-hybridized carbons (Fsp3) is 0.625. The third kappa shape index (κ3) is 11.8. The van der Waals surface area contributed by atoms with Crippen LogP contribution in [0.2, 0.25) is 0 Å². The highest BCUT2D eigenvalue weighted by molar-refractivity contribution is 14.1. The van der Waals surface area contributed by atoms with E-state index in [0.717, 1.165) is 88.4 Å². The van der Waals surface area contributed by atoms with E-state index in [1.54, 1.807) is 46.3 Å². The fourth-order valence-corrected chi connectivity index (χ4v) is 28.7. The number of nitrogens with one attached hydrogen (secondary N) is 2. The molecule has 18 heterocycles. The number of esters is 6. The number of likely N-dealkylation sites (N-methyl/N-ethyl adjacent to an activating group) is 2. The van der Waals surface area contributed by atoms with Gasteiger partial charge in [0.15, 0.2) is 33.6 Å². The summed E-state index contributed by atoms with van der Waals surface area (Å²) in [6.45, 7) is 7.25. The minimum atomic E-state index is -0.298. The van der Waals surface area contributed by atoms with Crippen molar-refractivity contribution >= 4 is 104 Å². The Labute approximate surface area is 703 Å². The molecule has 0 amide bonds. The lowest BCUT2D eigenvalue weighted by Gasteiger charge is -2.44. The number of carbonyl (C=O) groups is 6. The average molecular weight is 2040 g/mol. The summed E-state index contributed by atoms with van der Waals surface area (Å²) >= 11 is 7.11. The molecule has 18 aliphatic heterocycles. The number of ether oxygens (including phenoxy) is 6. The zero-order chi connectivity index (χ0) is 69.0. The molecule has 0 aromatic carbocycles. The minimum Gasteiger partial charge on any atom is -1.00 e. The van der Waals surface area contributed by atoms with E-state index in [9.17, 15) is 28.8 Å². The Balaban J connectivity index is 0.000000100. The molecule has 0 saturated carbocycles. The molecular weight excluding hydrogens is 1940 g/mol. The van der Waals surface area contributed by atoms with E-state index in [4.69, 9.17) is 28.4 Å². The Morgan fingerprint density at radius 2 is 0.829 bits per heavy atom. The number of fused-ring (bicyclic) bond motifs is 18. The summed E-state index contributed by atoms with van der Waals surface area (Å²) in [4.78, 5) is 78.2. The topological polar surface area (TPSA) is 173 Å². The van der Waals surface area contributed by atoms with Gasteiger partial charge in [0, 0.05) is 131 Å². The molecule has 18 nitrogen and oxygen atoms in total.